The maximum Gasteiger partial charge on any atom is 0.253 e. The maximum absolute atomic E-state index is 13.1. The van der Waals surface area contributed by atoms with Gasteiger partial charge in [-0.1, -0.05) is 53.5 Å². The Bertz CT molecular complexity index is 638. The lowest BCUT2D eigenvalue weighted by Crippen LogP contribution is -2.43. The highest BCUT2D eigenvalue weighted by molar-refractivity contribution is 6.53. The Kier molecular flexibility index (Phi) is 6.33. The summed E-state index contributed by atoms with van der Waals surface area (Å²) in [5.41, 5.74) is 2.12. The molecule has 0 aliphatic rings. The standard InChI is InChI=1S/C16H15Cl2FN2O2/c17-15(18)16(23)21-13(9-19)14(22)11-6-4-10(5-7-11)12-3-1-2-8-20-12/h1-8,13-15,22H,9H2,(H,21,23)/t13-,14-/m1/s1. The SMILES string of the molecule is O=C(N[C@H](CF)[C@H](O)c1ccc(-c2ccccn2)cc1)C(Cl)Cl. The van der Waals surface area contributed by atoms with E-state index in [0.29, 0.717) is 5.56 Å². The fraction of sp³-hybridized carbons (Fsp3) is 0.250. The fourth-order valence-electron chi connectivity index (χ4n) is 2.06. The first-order chi connectivity index (χ1) is 11.0. The van der Waals surface area contributed by atoms with Crippen molar-refractivity contribution in [3.63, 3.8) is 0 Å². The van der Waals surface area contributed by atoms with Gasteiger partial charge in [0.25, 0.3) is 5.91 Å². The lowest BCUT2D eigenvalue weighted by atomic mass is 10.0. The number of alkyl halides is 3. The molecule has 1 amide bonds. The molecule has 0 fully saturated rings. The Hall–Kier alpha value is -1.69. The second kappa shape index (κ2) is 8.24. The first-order valence-electron chi connectivity index (χ1n) is 6.87. The molecule has 4 nitrogen and oxygen atoms in total. The summed E-state index contributed by atoms with van der Waals surface area (Å²) in [6.07, 6.45) is 0.468. The summed E-state index contributed by atoms with van der Waals surface area (Å²) >= 11 is 10.8. The molecular weight excluding hydrogens is 342 g/mol. The zero-order valence-corrected chi connectivity index (χ0v) is 13.5. The largest absolute Gasteiger partial charge is 0.386 e. The van der Waals surface area contributed by atoms with Gasteiger partial charge in [0, 0.05) is 11.8 Å². The van der Waals surface area contributed by atoms with Crippen LogP contribution >= 0.6 is 23.2 Å². The van der Waals surface area contributed by atoms with Gasteiger partial charge in [-0.15, -0.1) is 0 Å². The lowest BCUT2D eigenvalue weighted by Gasteiger charge is -2.22. The first-order valence-corrected chi connectivity index (χ1v) is 7.74. The molecule has 0 saturated carbocycles. The van der Waals surface area contributed by atoms with Crippen LogP contribution in [0, 0.1) is 0 Å². The predicted molar refractivity (Wildman–Crippen MR) is 88.0 cm³/mol. The minimum atomic E-state index is -1.32. The van der Waals surface area contributed by atoms with Gasteiger partial charge in [0.05, 0.1) is 11.7 Å². The van der Waals surface area contributed by atoms with E-state index in [4.69, 9.17) is 23.2 Å². The molecule has 1 heterocycles. The van der Waals surface area contributed by atoms with Gasteiger partial charge in [-0.25, -0.2) is 4.39 Å². The number of amides is 1. The number of benzene rings is 1. The zero-order chi connectivity index (χ0) is 16.8. The molecule has 0 bridgehead atoms. The van der Waals surface area contributed by atoms with E-state index in [-0.39, 0.29) is 0 Å². The molecule has 0 saturated heterocycles. The topological polar surface area (TPSA) is 62.2 Å². The summed E-state index contributed by atoms with van der Waals surface area (Å²) < 4.78 is 13.1. The van der Waals surface area contributed by atoms with Crippen molar-refractivity contribution in [2.45, 2.75) is 17.0 Å². The van der Waals surface area contributed by atoms with Crippen LogP contribution < -0.4 is 5.32 Å². The third kappa shape index (κ3) is 4.64. The van der Waals surface area contributed by atoms with Crippen LogP contribution in [-0.2, 0) is 4.79 Å². The molecule has 2 rings (SSSR count). The normalized spacial score (nSPS) is 13.6. The van der Waals surface area contributed by atoms with E-state index in [9.17, 15) is 14.3 Å². The van der Waals surface area contributed by atoms with E-state index in [1.165, 1.54) is 0 Å². The summed E-state index contributed by atoms with van der Waals surface area (Å²) in [6.45, 7) is -0.949. The molecule has 23 heavy (non-hydrogen) atoms. The van der Waals surface area contributed by atoms with Crippen molar-refractivity contribution < 1.29 is 14.3 Å². The van der Waals surface area contributed by atoms with Crippen molar-refractivity contribution in [3.8, 4) is 11.3 Å². The quantitative estimate of drug-likeness (QED) is 0.782. The van der Waals surface area contributed by atoms with Gasteiger partial charge in [0.1, 0.15) is 12.8 Å². The van der Waals surface area contributed by atoms with Gasteiger partial charge in [-0.2, -0.15) is 0 Å². The summed E-state index contributed by atoms with van der Waals surface area (Å²) in [6, 6.07) is 11.3. The number of nitrogens with one attached hydrogen (secondary N) is 1. The van der Waals surface area contributed by atoms with Crippen LogP contribution in [0.5, 0.6) is 0 Å². The van der Waals surface area contributed by atoms with Crippen molar-refractivity contribution >= 4 is 29.1 Å². The van der Waals surface area contributed by atoms with Crippen molar-refractivity contribution in [2.75, 3.05) is 6.67 Å². The van der Waals surface area contributed by atoms with Crippen LogP contribution in [0.1, 0.15) is 11.7 Å². The van der Waals surface area contributed by atoms with E-state index in [2.05, 4.69) is 10.3 Å². The molecule has 1 aromatic carbocycles. The van der Waals surface area contributed by atoms with Crippen molar-refractivity contribution in [2.24, 2.45) is 0 Å². The highest BCUT2D eigenvalue weighted by Gasteiger charge is 2.25. The van der Waals surface area contributed by atoms with Crippen LogP contribution in [-0.4, -0.2) is 33.6 Å². The molecule has 7 heteroatoms. The van der Waals surface area contributed by atoms with Gasteiger partial charge >= 0.3 is 0 Å². The maximum atomic E-state index is 13.1. The van der Waals surface area contributed by atoms with Crippen LogP contribution in [0.4, 0.5) is 4.39 Å². The number of rotatable bonds is 6. The number of nitrogens with zero attached hydrogens (tertiary/aromatic N) is 1. The van der Waals surface area contributed by atoms with Crippen LogP contribution in [0.2, 0.25) is 0 Å². The van der Waals surface area contributed by atoms with E-state index in [1.807, 2.05) is 18.2 Å². The highest BCUT2D eigenvalue weighted by Crippen LogP contribution is 2.22. The average Bonchev–Trinajstić information content (AvgIpc) is 2.59. The zero-order valence-electron chi connectivity index (χ0n) is 12.0. The molecule has 1 aromatic heterocycles. The number of aromatic nitrogens is 1. The molecule has 0 spiro atoms. The summed E-state index contributed by atoms with van der Waals surface area (Å²) in [7, 11) is 0. The highest BCUT2D eigenvalue weighted by atomic mass is 35.5. The fourth-order valence-corrected chi connectivity index (χ4v) is 2.19. The number of hydrogen-bond donors (Lipinski definition) is 2. The van der Waals surface area contributed by atoms with Crippen LogP contribution in [0.15, 0.2) is 48.7 Å². The Morgan fingerprint density at radius 1 is 1.22 bits per heavy atom. The summed E-state index contributed by atoms with van der Waals surface area (Å²) in [5.74, 6) is -0.750. The molecule has 0 radical (unpaired) electrons. The molecule has 0 unspecified atom stereocenters. The van der Waals surface area contributed by atoms with Gasteiger partial charge in [-0.05, 0) is 17.7 Å². The van der Waals surface area contributed by atoms with E-state index in [1.54, 1.807) is 30.5 Å². The number of pyridine rings is 1. The van der Waals surface area contributed by atoms with E-state index in [0.717, 1.165) is 11.3 Å². The number of aliphatic hydroxyl groups is 1. The Morgan fingerprint density at radius 2 is 1.91 bits per heavy atom. The number of carbonyl (C=O) groups is 1. The molecule has 2 aromatic rings. The minimum Gasteiger partial charge on any atom is -0.386 e. The minimum absolute atomic E-state index is 0.466. The van der Waals surface area contributed by atoms with Crippen LogP contribution in [0.3, 0.4) is 0 Å². The number of carbonyl (C=O) groups excluding carboxylic acids is 1. The van der Waals surface area contributed by atoms with Crippen molar-refractivity contribution in [1.82, 2.24) is 10.3 Å². The first kappa shape index (κ1) is 17.7. The van der Waals surface area contributed by atoms with Crippen molar-refractivity contribution in [1.29, 1.82) is 0 Å². The Labute approximate surface area is 143 Å². The molecule has 0 aliphatic heterocycles. The Balaban J connectivity index is 2.12. The number of halogens is 3. The second-order valence-electron chi connectivity index (χ2n) is 4.85. The van der Waals surface area contributed by atoms with Crippen LogP contribution in [0.25, 0.3) is 11.3 Å². The molecular formula is C16H15Cl2FN2O2. The average molecular weight is 357 g/mol. The molecule has 2 N–H and O–H groups in total. The smallest absolute Gasteiger partial charge is 0.253 e. The Morgan fingerprint density at radius 3 is 2.43 bits per heavy atom. The molecule has 2 atom stereocenters. The van der Waals surface area contributed by atoms with E-state index < -0.39 is 29.6 Å². The third-order valence-electron chi connectivity index (χ3n) is 3.29. The van der Waals surface area contributed by atoms with Crippen molar-refractivity contribution in [3.05, 3.63) is 54.2 Å². The van der Waals surface area contributed by atoms with Gasteiger partial charge in [-0.3, -0.25) is 9.78 Å². The summed E-state index contributed by atoms with van der Waals surface area (Å²) in [5, 5.41) is 12.5. The number of hydrogen-bond acceptors (Lipinski definition) is 3. The van der Waals surface area contributed by atoms with E-state index >= 15 is 0 Å². The van der Waals surface area contributed by atoms with Gasteiger partial charge in [0.15, 0.2) is 4.84 Å². The predicted octanol–water partition coefficient (Wildman–Crippen LogP) is 3.04. The third-order valence-corrected chi connectivity index (χ3v) is 3.68. The van der Waals surface area contributed by atoms with Gasteiger partial charge < -0.3 is 10.4 Å². The number of aliphatic hydroxyl groups excluding tert-OH is 1. The lowest BCUT2D eigenvalue weighted by molar-refractivity contribution is -0.121. The van der Waals surface area contributed by atoms with Gasteiger partial charge in [0.2, 0.25) is 0 Å². The molecule has 0 aliphatic carbocycles. The monoisotopic (exact) mass is 356 g/mol. The second-order valence-corrected chi connectivity index (χ2v) is 5.95. The summed E-state index contributed by atoms with van der Waals surface area (Å²) in [4.78, 5) is 14.3. The molecule has 122 valence electrons.